The third-order valence-corrected chi connectivity index (χ3v) is 4.18. The van der Waals surface area contributed by atoms with Crippen LogP contribution in [0.3, 0.4) is 0 Å². The molecule has 0 spiro atoms. The maximum Gasteiger partial charge on any atom is 0.331 e. The smallest absolute Gasteiger partial charge is 0.331 e. The molecule has 0 heterocycles. The summed E-state index contributed by atoms with van der Waals surface area (Å²) in [7, 11) is 1.37. The predicted molar refractivity (Wildman–Crippen MR) is 110 cm³/mol. The predicted octanol–water partition coefficient (Wildman–Crippen LogP) is 4.29. The van der Waals surface area contributed by atoms with Crippen molar-refractivity contribution in [3.05, 3.63) is 71.6 Å². The number of amides is 1. The molecule has 2 aromatic carbocycles. The van der Waals surface area contributed by atoms with Crippen molar-refractivity contribution in [1.82, 2.24) is 5.32 Å². The van der Waals surface area contributed by atoms with Gasteiger partial charge in [-0.25, -0.2) is 9.18 Å². The highest BCUT2D eigenvalue weighted by atomic mass is 19.1. The molecule has 154 valence electrons. The molecule has 2 aromatic rings. The van der Waals surface area contributed by atoms with Crippen LogP contribution in [0.25, 0.3) is 6.08 Å². The first-order chi connectivity index (χ1) is 13.9. The maximum atomic E-state index is 13.7. The van der Waals surface area contributed by atoms with Gasteiger partial charge in [0.05, 0.1) is 13.2 Å². The third kappa shape index (κ3) is 7.41. The molecule has 1 amide bonds. The van der Waals surface area contributed by atoms with Gasteiger partial charge in [0.15, 0.2) is 18.2 Å². The van der Waals surface area contributed by atoms with Crippen LogP contribution in [0.2, 0.25) is 0 Å². The van der Waals surface area contributed by atoms with Gasteiger partial charge in [-0.15, -0.1) is 0 Å². The van der Waals surface area contributed by atoms with E-state index >= 15 is 0 Å². The van der Waals surface area contributed by atoms with E-state index in [1.807, 2.05) is 30.3 Å². The third-order valence-electron chi connectivity index (χ3n) is 4.18. The Labute approximate surface area is 170 Å². The van der Waals surface area contributed by atoms with Crippen LogP contribution in [0.1, 0.15) is 37.4 Å². The van der Waals surface area contributed by atoms with Gasteiger partial charge in [0.1, 0.15) is 0 Å². The van der Waals surface area contributed by atoms with Crippen LogP contribution in [0.15, 0.2) is 54.6 Å². The second kappa shape index (κ2) is 11.0. The lowest BCUT2D eigenvalue weighted by Crippen LogP contribution is -2.33. The molecule has 0 saturated heterocycles. The number of rotatable bonds is 9. The fourth-order valence-electron chi connectivity index (χ4n) is 2.81. The molecule has 0 aliphatic heterocycles. The van der Waals surface area contributed by atoms with Crippen molar-refractivity contribution in [2.75, 3.05) is 13.7 Å². The maximum absolute atomic E-state index is 13.7. The number of ether oxygens (including phenoxy) is 2. The Hall–Kier alpha value is -3.15. The molecule has 0 aromatic heterocycles. The molecule has 1 atom stereocenters. The number of carbonyl (C=O) groups excluding carboxylic acids is 2. The van der Waals surface area contributed by atoms with Gasteiger partial charge < -0.3 is 14.8 Å². The molecule has 5 nitrogen and oxygen atoms in total. The molecule has 0 aliphatic rings. The Kier molecular flexibility index (Phi) is 8.40. The lowest BCUT2D eigenvalue weighted by atomic mass is 9.97. The van der Waals surface area contributed by atoms with Crippen LogP contribution in [-0.4, -0.2) is 25.6 Å². The summed E-state index contributed by atoms with van der Waals surface area (Å²) in [6, 6.07) is 13.8. The lowest BCUT2D eigenvalue weighted by Gasteiger charge is -2.21. The van der Waals surface area contributed by atoms with Crippen molar-refractivity contribution in [3.8, 4) is 5.75 Å². The Morgan fingerprint density at radius 1 is 1.14 bits per heavy atom. The van der Waals surface area contributed by atoms with Gasteiger partial charge in [-0.05, 0) is 41.7 Å². The summed E-state index contributed by atoms with van der Waals surface area (Å²) in [6.45, 7) is 3.77. The monoisotopic (exact) mass is 399 g/mol. The molecule has 0 aliphatic carbocycles. The molecule has 0 bridgehead atoms. The summed E-state index contributed by atoms with van der Waals surface area (Å²) >= 11 is 0. The summed E-state index contributed by atoms with van der Waals surface area (Å²) in [4.78, 5) is 24.1. The average molecular weight is 399 g/mol. The largest absolute Gasteiger partial charge is 0.494 e. The molecule has 0 radical (unpaired) electrons. The minimum atomic E-state index is -0.684. The highest BCUT2D eigenvalue weighted by Crippen LogP contribution is 2.21. The molecular weight excluding hydrogens is 373 g/mol. The zero-order chi connectivity index (χ0) is 21.2. The second-order valence-electron chi connectivity index (χ2n) is 7.00. The molecular formula is C23H26FNO4. The van der Waals surface area contributed by atoms with E-state index in [2.05, 4.69) is 19.2 Å². The number of hydrogen-bond acceptors (Lipinski definition) is 4. The SMILES string of the molecule is COc1ccc(/C=C/C(=O)OCC(=O)N[C@H](CC(C)C)c2ccccc2)cc1F. The number of hydrogen-bond donors (Lipinski definition) is 1. The van der Waals surface area contributed by atoms with Gasteiger partial charge in [-0.3, -0.25) is 4.79 Å². The molecule has 1 N–H and O–H groups in total. The number of nitrogens with one attached hydrogen (secondary N) is 1. The first-order valence-corrected chi connectivity index (χ1v) is 9.41. The average Bonchev–Trinajstić information content (AvgIpc) is 2.70. The summed E-state index contributed by atoms with van der Waals surface area (Å²) in [5.74, 6) is -1.08. The van der Waals surface area contributed by atoms with E-state index in [0.29, 0.717) is 11.5 Å². The van der Waals surface area contributed by atoms with E-state index in [1.165, 1.54) is 25.3 Å². The van der Waals surface area contributed by atoms with Gasteiger partial charge in [0.2, 0.25) is 0 Å². The zero-order valence-corrected chi connectivity index (χ0v) is 16.9. The highest BCUT2D eigenvalue weighted by Gasteiger charge is 2.16. The molecule has 2 rings (SSSR count). The Morgan fingerprint density at radius 3 is 2.48 bits per heavy atom. The summed E-state index contributed by atoms with van der Waals surface area (Å²) in [6.07, 6.45) is 3.33. The van der Waals surface area contributed by atoms with Crippen LogP contribution in [0.5, 0.6) is 5.75 Å². The van der Waals surface area contributed by atoms with Crippen LogP contribution in [-0.2, 0) is 14.3 Å². The summed E-state index contributed by atoms with van der Waals surface area (Å²) < 4.78 is 23.5. The van der Waals surface area contributed by atoms with Crippen LogP contribution in [0, 0.1) is 11.7 Å². The van der Waals surface area contributed by atoms with Crippen molar-refractivity contribution in [2.45, 2.75) is 26.3 Å². The second-order valence-corrected chi connectivity index (χ2v) is 7.00. The Balaban J connectivity index is 1.88. The van der Waals surface area contributed by atoms with Crippen molar-refractivity contribution < 1.29 is 23.5 Å². The first-order valence-electron chi connectivity index (χ1n) is 9.41. The van der Waals surface area contributed by atoms with Crippen molar-refractivity contribution >= 4 is 18.0 Å². The van der Waals surface area contributed by atoms with Crippen LogP contribution in [0.4, 0.5) is 4.39 Å². The first kappa shape index (κ1) is 22.1. The van der Waals surface area contributed by atoms with Crippen molar-refractivity contribution in [3.63, 3.8) is 0 Å². The molecule has 0 saturated carbocycles. The minimum absolute atomic E-state index is 0.121. The zero-order valence-electron chi connectivity index (χ0n) is 16.9. The Bertz CT molecular complexity index is 849. The molecule has 0 unspecified atom stereocenters. The topological polar surface area (TPSA) is 64.6 Å². The van der Waals surface area contributed by atoms with E-state index in [1.54, 1.807) is 6.07 Å². The van der Waals surface area contributed by atoms with Crippen LogP contribution < -0.4 is 10.1 Å². The van der Waals surface area contributed by atoms with Gasteiger partial charge >= 0.3 is 5.97 Å². The normalized spacial score (nSPS) is 12.0. The van der Waals surface area contributed by atoms with Gasteiger partial charge in [-0.1, -0.05) is 50.2 Å². The van der Waals surface area contributed by atoms with E-state index in [9.17, 15) is 14.0 Å². The molecule has 0 fully saturated rings. The minimum Gasteiger partial charge on any atom is -0.494 e. The Morgan fingerprint density at radius 2 is 1.86 bits per heavy atom. The molecule has 29 heavy (non-hydrogen) atoms. The quantitative estimate of drug-likeness (QED) is 0.505. The fourth-order valence-corrected chi connectivity index (χ4v) is 2.81. The number of methoxy groups -OCH3 is 1. The van der Waals surface area contributed by atoms with Gasteiger partial charge in [0, 0.05) is 6.08 Å². The van der Waals surface area contributed by atoms with Gasteiger partial charge in [-0.2, -0.15) is 0 Å². The highest BCUT2D eigenvalue weighted by molar-refractivity contribution is 5.89. The van der Waals surface area contributed by atoms with E-state index in [-0.39, 0.29) is 24.3 Å². The fraction of sp³-hybridized carbons (Fsp3) is 0.304. The standard InChI is InChI=1S/C23H26FNO4/c1-16(2)13-20(18-7-5-4-6-8-18)25-22(26)15-29-23(27)12-10-17-9-11-21(28-3)19(24)14-17/h4-12,14,16,20H,13,15H2,1-3H3,(H,25,26)/b12-10+/t20-/m1/s1. The van der Waals surface area contributed by atoms with Crippen molar-refractivity contribution in [1.29, 1.82) is 0 Å². The molecule has 6 heteroatoms. The van der Waals surface area contributed by atoms with E-state index in [0.717, 1.165) is 18.1 Å². The summed E-state index contributed by atoms with van der Waals surface area (Å²) in [5, 5.41) is 2.91. The number of halogens is 1. The lowest BCUT2D eigenvalue weighted by molar-refractivity contribution is -0.144. The van der Waals surface area contributed by atoms with E-state index in [4.69, 9.17) is 9.47 Å². The number of esters is 1. The van der Waals surface area contributed by atoms with Crippen molar-refractivity contribution in [2.24, 2.45) is 5.92 Å². The summed E-state index contributed by atoms with van der Waals surface area (Å²) in [5.41, 5.74) is 1.48. The number of carbonyl (C=O) groups is 2. The van der Waals surface area contributed by atoms with Crippen LogP contribution >= 0.6 is 0 Å². The van der Waals surface area contributed by atoms with Gasteiger partial charge in [0.25, 0.3) is 5.91 Å². The number of benzene rings is 2. The van der Waals surface area contributed by atoms with E-state index < -0.39 is 11.8 Å².